The number of hydrogen-bond donors (Lipinski definition) is 0. The first-order valence-electron chi connectivity index (χ1n) is 6.57. The van der Waals surface area contributed by atoms with Crippen LogP contribution in [0.2, 0.25) is 0 Å². The number of para-hydroxylation sites is 1. The number of nitrogens with zero attached hydrogens (tertiary/aromatic N) is 3. The van der Waals surface area contributed by atoms with Crippen molar-refractivity contribution in [1.29, 1.82) is 0 Å². The van der Waals surface area contributed by atoms with Crippen LogP contribution in [0.5, 0.6) is 0 Å². The monoisotopic (exact) mass is 307 g/mol. The zero-order valence-corrected chi connectivity index (χ0v) is 11.7. The molecule has 1 aromatic heterocycles. The minimum atomic E-state index is -0.514. The van der Waals surface area contributed by atoms with E-state index in [1.807, 2.05) is 0 Å². The highest BCUT2D eigenvalue weighted by atomic mass is 16.6. The highest BCUT2D eigenvalue weighted by Gasteiger charge is 2.04. The Morgan fingerprint density at radius 3 is 2.52 bits per heavy atom. The van der Waals surface area contributed by atoms with Crippen LogP contribution in [0, 0.1) is 10.1 Å². The summed E-state index contributed by atoms with van der Waals surface area (Å²) < 4.78 is 5.06. The quantitative estimate of drug-likeness (QED) is 0.317. The van der Waals surface area contributed by atoms with Gasteiger partial charge in [0, 0.05) is 17.5 Å². The molecule has 0 radical (unpaired) electrons. The summed E-state index contributed by atoms with van der Waals surface area (Å²) in [5.41, 5.74) is 0.747. The molecule has 0 aliphatic carbocycles. The Kier molecular flexibility index (Phi) is 3.78. The Hall–Kier alpha value is -3.57. The van der Waals surface area contributed by atoms with Crippen LogP contribution < -0.4 is 5.63 Å². The molecule has 0 bridgehead atoms. The number of rotatable bonds is 3. The molecule has 0 aliphatic rings. The highest BCUT2D eigenvalue weighted by molar-refractivity contribution is 5.88. The predicted molar refractivity (Wildman–Crippen MR) is 84.8 cm³/mol. The minimum absolute atomic E-state index is 0.0208. The van der Waals surface area contributed by atoms with Gasteiger partial charge in [0.1, 0.15) is 11.6 Å². The number of aliphatic imine (C=N–C) groups is 2. The number of nitro benzene ring substituents is 1. The minimum Gasteiger partial charge on any atom is -0.423 e. The molecular weight excluding hydrogens is 298 g/mol. The maximum atomic E-state index is 11.5. The van der Waals surface area contributed by atoms with Gasteiger partial charge in [-0.25, -0.2) is 4.79 Å². The Balaban J connectivity index is 1.96. The van der Waals surface area contributed by atoms with E-state index in [0.29, 0.717) is 22.3 Å². The van der Waals surface area contributed by atoms with Gasteiger partial charge < -0.3 is 4.42 Å². The van der Waals surface area contributed by atoms with E-state index in [1.165, 1.54) is 30.3 Å². The van der Waals surface area contributed by atoms with Gasteiger partial charge in [-0.3, -0.25) is 10.1 Å². The van der Waals surface area contributed by atoms with Gasteiger partial charge in [-0.1, -0.05) is 12.1 Å². The molecule has 7 nitrogen and oxygen atoms in total. The van der Waals surface area contributed by atoms with Crippen LogP contribution in [0.4, 0.5) is 17.1 Å². The van der Waals surface area contributed by atoms with Crippen molar-refractivity contribution < 1.29 is 9.34 Å². The van der Waals surface area contributed by atoms with Crippen molar-refractivity contribution in [3.8, 4) is 0 Å². The third-order valence-electron chi connectivity index (χ3n) is 3.04. The normalized spacial score (nSPS) is 10.1. The largest absolute Gasteiger partial charge is 0.423 e. The molecular formula is C16H9N3O4. The average molecular weight is 307 g/mol. The van der Waals surface area contributed by atoms with E-state index in [-0.39, 0.29) is 5.69 Å². The molecule has 0 unspecified atom stereocenters. The van der Waals surface area contributed by atoms with Crippen LogP contribution in [0.15, 0.2) is 73.8 Å². The third-order valence-corrected chi connectivity index (χ3v) is 3.04. The molecule has 1 heterocycles. The fraction of sp³-hybridized carbons (Fsp3) is 0. The molecule has 23 heavy (non-hydrogen) atoms. The fourth-order valence-corrected chi connectivity index (χ4v) is 1.97. The summed E-state index contributed by atoms with van der Waals surface area (Å²) in [6, 6.07) is 16.4. The highest BCUT2D eigenvalue weighted by Crippen LogP contribution is 2.23. The smallest absolute Gasteiger partial charge is 0.338 e. The summed E-state index contributed by atoms with van der Waals surface area (Å²) in [5, 5.41) is 11.2. The predicted octanol–water partition coefficient (Wildman–Crippen LogP) is 3.84. The van der Waals surface area contributed by atoms with Crippen molar-refractivity contribution in [2.75, 3.05) is 0 Å². The van der Waals surface area contributed by atoms with E-state index in [4.69, 9.17) is 4.42 Å². The fourth-order valence-electron chi connectivity index (χ4n) is 1.97. The second-order valence-electron chi connectivity index (χ2n) is 4.54. The zero-order chi connectivity index (χ0) is 16.2. The molecule has 3 rings (SSSR count). The van der Waals surface area contributed by atoms with Gasteiger partial charge >= 0.3 is 5.63 Å². The molecule has 0 aliphatic heterocycles. The van der Waals surface area contributed by atoms with Gasteiger partial charge in [0.15, 0.2) is 0 Å². The molecule has 7 heteroatoms. The average Bonchev–Trinajstić information content (AvgIpc) is 2.55. The molecule has 0 spiro atoms. The van der Waals surface area contributed by atoms with Crippen molar-refractivity contribution in [3.05, 3.63) is 75.1 Å². The molecule has 2 aromatic carbocycles. The van der Waals surface area contributed by atoms with Crippen molar-refractivity contribution in [2.45, 2.75) is 0 Å². The first-order chi connectivity index (χ1) is 11.1. The van der Waals surface area contributed by atoms with E-state index in [9.17, 15) is 14.9 Å². The SMILES string of the molecule is O=c1cc(N=C=Nc2ccc([N+](=O)[O-])cc2)c2ccccc2o1. The molecule has 0 amide bonds. The van der Waals surface area contributed by atoms with Gasteiger partial charge in [0.05, 0.1) is 22.4 Å². The van der Waals surface area contributed by atoms with E-state index in [0.717, 1.165) is 0 Å². The second kappa shape index (κ2) is 6.05. The lowest BCUT2D eigenvalue weighted by atomic mass is 10.2. The van der Waals surface area contributed by atoms with Crippen molar-refractivity contribution in [3.63, 3.8) is 0 Å². The molecule has 0 saturated carbocycles. The van der Waals surface area contributed by atoms with E-state index in [1.54, 1.807) is 24.3 Å². The lowest BCUT2D eigenvalue weighted by Crippen LogP contribution is -1.94. The summed E-state index contributed by atoms with van der Waals surface area (Å²) >= 11 is 0. The van der Waals surface area contributed by atoms with E-state index < -0.39 is 10.5 Å². The van der Waals surface area contributed by atoms with E-state index in [2.05, 4.69) is 16.0 Å². The second-order valence-corrected chi connectivity index (χ2v) is 4.54. The molecule has 0 fully saturated rings. The molecule has 0 saturated heterocycles. The van der Waals surface area contributed by atoms with Crippen LogP contribution in [0.3, 0.4) is 0 Å². The number of benzene rings is 2. The molecule has 112 valence electrons. The van der Waals surface area contributed by atoms with Crippen molar-refractivity contribution in [1.82, 2.24) is 0 Å². The van der Waals surface area contributed by atoms with E-state index >= 15 is 0 Å². The summed E-state index contributed by atoms with van der Waals surface area (Å²) in [6.07, 6.45) is 0. The Morgan fingerprint density at radius 2 is 1.78 bits per heavy atom. The van der Waals surface area contributed by atoms with Crippen molar-refractivity contribution >= 4 is 34.0 Å². The number of hydrogen-bond acceptors (Lipinski definition) is 6. The van der Waals surface area contributed by atoms with Crippen LogP contribution >= 0.6 is 0 Å². The van der Waals surface area contributed by atoms with Crippen LogP contribution in [0.25, 0.3) is 11.0 Å². The molecule has 0 N–H and O–H groups in total. The standard InChI is InChI=1S/C16H9N3O4/c20-16-9-14(13-3-1-2-4-15(13)23-16)18-10-17-11-5-7-12(8-6-11)19(21)22/h1-9H. The van der Waals surface area contributed by atoms with Gasteiger partial charge in [-0.15, -0.1) is 0 Å². The van der Waals surface area contributed by atoms with Gasteiger partial charge in [0.2, 0.25) is 0 Å². The Labute approximate surface area is 129 Å². The first kappa shape index (κ1) is 14.4. The summed E-state index contributed by atoms with van der Waals surface area (Å²) in [4.78, 5) is 29.6. The number of nitro groups is 1. The first-order valence-corrected chi connectivity index (χ1v) is 6.57. The maximum Gasteiger partial charge on any atom is 0.338 e. The van der Waals surface area contributed by atoms with Crippen LogP contribution in [0.1, 0.15) is 0 Å². The summed E-state index contributed by atoms with van der Waals surface area (Å²) in [6.45, 7) is 0. The van der Waals surface area contributed by atoms with Crippen LogP contribution in [-0.2, 0) is 0 Å². The Morgan fingerprint density at radius 1 is 1.04 bits per heavy atom. The number of non-ortho nitro benzene ring substituents is 1. The lowest BCUT2D eigenvalue weighted by molar-refractivity contribution is -0.384. The maximum absolute atomic E-state index is 11.5. The van der Waals surface area contributed by atoms with Crippen LogP contribution in [-0.4, -0.2) is 10.9 Å². The van der Waals surface area contributed by atoms with Gasteiger partial charge in [0.25, 0.3) is 5.69 Å². The van der Waals surface area contributed by atoms with Crippen molar-refractivity contribution in [2.24, 2.45) is 9.98 Å². The molecule has 0 atom stereocenters. The van der Waals surface area contributed by atoms with Gasteiger partial charge in [-0.2, -0.15) is 9.98 Å². The van der Waals surface area contributed by atoms with Gasteiger partial charge in [-0.05, 0) is 24.3 Å². The Bertz CT molecular complexity index is 1000. The number of fused-ring (bicyclic) bond motifs is 1. The third kappa shape index (κ3) is 3.20. The summed E-state index contributed by atoms with van der Waals surface area (Å²) in [5.74, 6) is 0. The zero-order valence-electron chi connectivity index (χ0n) is 11.7. The topological polar surface area (TPSA) is 98.1 Å². The summed E-state index contributed by atoms with van der Waals surface area (Å²) in [7, 11) is 0. The molecule has 3 aromatic rings. The lowest BCUT2D eigenvalue weighted by Gasteiger charge is -1.97.